The number of H-pyrrole nitrogens is 1. The smallest absolute Gasteiger partial charge is 0.267 e. The summed E-state index contributed by atoms with van der Waals surface area (Å²) in [6, 6.07) is 9.40. The van der Waals surface area contributed by atoms with E-state index in [2.05, 4.69) is 10.3 Å². The van der Waals surface area contributed by atoms with Gasteiger partial charge in [0.2, 0.25) is 0 Å². The summed E-state index contributed by atoms with van der Waals surface area (Å²) in [5, 5.41) is 2.83. The van der Waals surface area contributed by atoms with E-state index in [1.54, 1.807) is 19.4 Å². The van der Waals surface area contributed by atoms with Crippen molar-refractivity contribution in [1.82, 2.24) is 10.3 Å². The quantitative estimate of drug-likeness (QED) is 0.762. The normalized spacial score (nSPS) is 10.2. The van der Waals surface area contributed by atoms with Crippen molar-refractivity contribution >= 4 is 11.6 Å². The Balaban J connectivity index is 1.84. The Kier molecular flexibility index (Phi) is 4.07. The minimum atomic E-state index is -0.153. The van der Waals surface area contributed by atoms with E-state index in [1.807, 2.05) is 24.3 Å². The second-order valence-corrected chi connectivity index (χ2v) is 4.20. The lowest BCUT2D eigenvalue weighted by molar-refractivity contribution is 0.0950. The van der Waals surface area contributed by atoms with Gasteiger partial charge in [-0.15, -0.1) is 0 Å². The minimum absolute atomic E-state index is 0.153. The zero-order chi connectivity index (χ0) is 13.7. The number of carbonyl (C=O) groups is 1. The van der Waals surface area contributed by atoms with Gasteiger partial charge in [0.1, 0.15) is 11.4 Å². The predicted octanol–water partition coefficient (Wildman–Crippen LogP) is 1.58. The highest BCUT2D eigenvalue weighted by atomic mass is 16.5. The summed E-state index contributed by atoms with van der Waals surface area (Å²) in [5.74, 6) is 0.667. The van der Waals surface area contributed by atoms with Gasteiger partial charge in [-0.25, -0.2) is 0 Å². The van der Waals surface area contributed by atoms with Crippen molar-refractivity contribution in [2.45, 2.75) is 6.42 Å². The number of nitrogens with two attached hydrogens (primary N) is 1. The Hall–Kier alpha value is -2.43. The van der Waals surface area contributed by atoms with E-state index in [0.717, 1.165) is 17.7 Å². The molecule has 0 saturated carbocycles. The maximum atomic E-state index is 11.7. The zero-order valence-corrected chi connectivity index (χ0v) is 10.8. The van der Waals surface area contributed by atoms with Gasteiger partial charge in [-0.2, -0.15) is 0 Å². The molecule has 1 aromatic heterocycles. The molecular weight excluding hydrogens is 242 g/mol. The topological polar surface area (TPSA) is 80.1 Å². The summed E-state index contributed by atoms with van der Waals surface area (Å²) in [6.45, 7) is 0.560. The summed E-state index contributed by atoms with van der Waals surface area (Å²) in [4.78, 5) is 14.6. The van der Waals surface area contributed by atoms with Crippen LogP contribution in [0.3, 0.4) is 0 Å². The molecule has 1 aromatic carbocycles. The molecule has 5 nitrogen and oxygen atoms in total. The summed E-state index contributed by atoms with van der Waals surface area (Å²) >= 11 is 0. The molecule has 0 radical (unpaired) electrons. The molecule has 1 heterocycles. The first-order valence-electron chi connectivity index (χ1n) is 6.04. The van der Waals surface area contributed by atoms with E-state index < -0.39 is 0 Å². The molecule has 2 aromatic rings. The van der Waals surface area contributed by atoms with Crippen LogP contribution in [0.15, 0.2) is 36.5 Å². The first-order valence-corrected chi connectivity index (χ1v) is 6.04. The summed E-state index contributed by atoms with van der Waals surface area (Å²) in [5.41, 5.74) is 7.69. The fourth-order valence-corrected chi connectivity index (χ4v) is 1.79. The standard InChI is InChI=1S/C14H17N3O2/c1-19-12-4-2-3-10(7-12)5-6-16-14(18)13-8-11(15)9-17-13/h2-4,7-9,17H,5-6,15H2,1H3,(H,16,18). The molecule has 0 atom stereocenters. The average Bonchev–Trinajstić information content (AvgIpc) is 2.86. The molecule has 0 aliphatic carbocycles. The lowest BCUT2D eigenvalue weighted by Crippen LogP contribution is -2.25. The lowest BCUT2D eigenvalue weighted by Gasteiger charge is -2.06. The van der Waals surface area contributed by atoms with E-state index in [0.29, 0.717) is 17.9 Å². The Bertz CT molecular complexity index is 563. The lowest BCUT2D eigenvalue weighted by atomic mass is 10.1. The number of nitrogen functional groups attached to an aromatic ring is 1. The SMILES string of the molecule is COc1cccc(CCNC(=O)c2cc(N)c[nH]2)c1. The van der Waals surface area contributed by atoms with Gasteiger partial charge < -0.3 is 20.8 Å². The van der Waals surface area contributed by atoms with Crippen LogP contribution in [-0.4, -0.2) is 24.5 Å². The summed E-state index contributed by atoms with van der Waals surface area (Å²) < 4.78 is 5.15. The van der Waals surface area contributed by atoms with Crippen molar-refractivity contribution < 1.29 is 9.53 Å². The second kappa shape index (κ2) is 5.95. The van der Waals surface area contributed by atoms with Crippen LogP contribution in [0.1, 0.15) is 16.1 Å². The molecule has 5 heteroatoms. The van der Waals surface area contributed by atoms with Gasteiger partial charge in [-0.05, 0) is 30.2 Å². The molecule has 0 aliphatic heterocycles. The van der Waals surface area contributed by atoms with Gasteiger partial charge in [0.15, 0.2) is 0 Å². The van der Waals surface area contributed by atoms with Crippen LogP contribution < -0.4 is 15.8 Å². The molecule has 19 heavy (non-hydrogen) atoms. The number of anilines is 1. The highest BCUT2D eigenvalue weighted by Crippen LogP contribution is 2.12. The van der Waals surface area contributed by atoms with Crippen molar-refractivity contribution in [2.75, 3.05) is 19.4 Å². The number of hydrogen-bond donors (Lipinski definition) is 3. The number of ether oxygens (including phenoxy) is 1. The molecule has 1 amide bonds. The molecule has 0 saturated heterocycles. The molecule has 0 unspecified atom stereocenters. The number of rotatable bonds is 5. The highest BCUT2D eigenvalue weighted by molar-refractivity contribution is 5.93. The van der Waals surface area contributed by atoms with Crippen LogP contribution in [-0.2, 0) is 6.42 Å². The van der Waals surface area contributed by atoms with Crippen molar-refractivity contribution in [3.05, 3.63) is 47.8 Å². The zero-order valence-electron chi connectivity index (χ0n) is 10.8. The number of methoxy groups -OCH3 is 1. The minimum Gasteiger partial charge on any atom is -0.497 e. The predicted molar refractivity (Wildman–Crippen MR) is 74.2 cm³/mol. The third-order valence-corrected chi connectivity index (χ3v) is 2.78. The van der Waals surface area contributed by atoms with E-state index in [-0.39, 0.29) is 5.91 Å². The van der Waals surface area contributed by atoms with Crippen molar-refractivity contribution in [3.8, 4) is 5.75 Å². The van der Waals surface area contributed by atoms with E-state index in [4.69, 9.17) is 10.5 Å². The van der Waals surface area contributed by atoms with Crippen LogP contribution in [0.4, 0.5) is 5.69 Å². The third kappa shape index (κ3) is 3.51. The van der Waals surface area contributed by atoms with Gasteiger partial charge in [-0.3, -0.25) is 4.79 Å². The van der Waals surface area contributed by atoms with E-state index in [1.165, 1.54) is 0 Å². The van der Waals surface area contributed by atoms with Crippen molar-refractivity contribution in [3.63, 3.8) is 0 Å². The van der Waals surface area contributed by atoms with Crippen molar-refractivity contribution in [1.29, 1.82) is 0 Å². The molecule has 0 bridgehead atoms. The van der Waals surface area contributed by atoms with Crippen LogP contribution in [0.2, 0.25) is 0 Å². The largest absolute Gasteiger partial charge is 0.497 e. The Labute approximate surface area is 111 Å². The number of carbonyl (C=O) groups excluding carboxylic acids is 1. The highest BCUT2D eigenvalue weighted by Gasteiger charge is 2.06. The number of hydrogen-bond acceptors (Lipinski definition) is 3. The second-order valence-electron chi connectivity index (χ2n) is 4.20. The molecule has 2 rings (SSSR count). The number of amides is 1. The van der Waals surface area contributed by atoms with Gasteiger partial charge >= 0.3 is 0 Å². The van der Waals surface area contributed by atoms with Gasteiger partial charge in [-0.1, -0.05) is 12.1 Å². The monoisotopic (exact) mass is 259 g/mol. The number of aromatic amines is 1. The van der Waals surface area contributed by atoms with Crippen molar-refractivity contribution in [2.24, 2.45) is 0 Å². The summed E-state index contributed by atoms with van der Waals surface area (Å²) in [6.07, 6.45) is 2.34. The first kappa shape index (κ1) is 13.0. The number of aromatic nitrogens is 1. The Morgan fingerprint density at radius 1 is 1.42 bits per heavy atom. The molecule has 0 fully saturated rings. The van der Waals surface area contributed by atoms with Crippen LogP contribution in [0.25, 0.3) is 0 Å². The fraction of sp³-hybridized carbons (Fsp3) is 0.214. The first-order chi connectivity index (χ1) is 9.19. The van der Waals surface area contributed by atoms with E-state index >= 15 is 0 Å². The van der Waals surface area contributed by atoms with Gasteiger partial charge in [0.25, 0.3) is 5.91 Å². The van der Waals surface area contributed by atoms with Crippen LogP contribution in [0, 0.1) is 0 Å². The summed E-state index contributed by atoms with van der Waals surface area (Å²) in [7, 11) is 1.64. The van der Waals surface area contributed by atoms with Gasteiger partial charge in [0.05, 0.1) is 7.11 Å². The van der Waals surface area contributed by atoms with Crippen LogP contribution in [0.5, 0.6) is 5.75 Å². The average molecular weight is 259 g/mol. The molecule has 4 N–H and O–H groups in total. The molecule has 0 spiro atoms. The molecule has 100 valence electrons. The maximum absolute atomic E-state index is 11.7. The number of benzene rings is 1. The molecule has 0 aliphatic rings. The maximum Gasteiger partial charge on any atom is 0.267 e. The van der Waals surface area contributed by atoms with Gasteiger partial charge in [0, 0.05) is 18.4 Å². The molecular formula is C14H17N3O2. The Morgan fingerprint density at radius 2 is 2.26 bits per heavy atom. The third-order valence-electron chi connectivity index (χ3n) is 2.78. The van der Waals surface area contributed by atoms with Crippen LogP contribution >= 0.6 is 0 Å². The number of nitrogens with one attached hydrogen (secondary N) is 2. The Morgan fingerprint density at radius 3 is 2.95 bits per heavy atom. The van der Waals surface area contributed by atoms with E-state index in [9.17, 15) is 4.79 Å². The fourth-order valence-electron chi connectivity index (χ4n) is 1.79.